The molecule has 2 aromatic carbocycles. The second kappa shape index (κ2) is 11.5. The van der Waals surface area contributed by atoms with Crippen molar-refractivity contribution in [2.75, 3.05) is 19.7 Å². The van der Waals surface area contributed by atoms with Gasteiger partial charge in [-0.1, -0.05) is 41.9 Å². The van der Waals surface area contributed by atoms with E-state index in [4.69, 9.17) is 31.8 Å². The van der Waals surface area contributed by atoms with Crippen LogP contribution in [0.5, 0.6) is 0 Å². The standard InChI is InChI=1S/C28H23ClN4O3/c29-21-10-7-19(8-11-21)17-20-9-12-23-26(22-5-1-2-6-24(22)32-27(20)23)28(35)36-18-25(34)33(15-3-13-30)16-4-14-31/h1-2,5-8,10-11,17H,3-4,9,12,15-16,18H2/b20-17+. The van der Waals surface area contributed by atoms with Gasteiger partial charge in [0.15, 0.2) is 6.61 Å². The van der Waals surface area contributed by atoms with Crippen molar-refractivity contribution in [3.05, 3.63) is 75.9 Å². The molecule has 1 aromatic heterocycles. The molecule has 0 saturated carbocycles. The summed E-state index contributed by atoms with van der Waals surface area (Å²) in [7, 11) is 0. The monoisotopic (exact) mass is 498 g/mol. The molecule has 7 nitrogen and oxygen atoms in total. The van der Waals surface area contributed by atoms with Gasteiger partial charge in [0.2, 0.25) is 0 Å². The second-order valence-corrected chi connectivity index (χ2v) is 8.76. The number of amides is 1. The zero-order valence-corrected chi connectivity index (χ0v) is 20.3. The number of nitrogens with zero attached hydrogens (tertiary/aromatic N) is 4. The first-order valence-corrected chi connectivity index (χ1v) is 12.0. The number of pyridine rings is 1. The van der Waals surface area contributed by atoms with Gasteiger partial charge in [0.25, 0.3) is 5.91 Å². The van der Waals surface area contributed by atoms with Gasteiger partial charge >= 0.3 is 5.97 Å². The van der Waals surface area contributed by atoms with Gasteiger partial charge in [-0.3, -0.25) is 4.79 Å². The van der Waals surface area contributed by atoms with Gasteiger partial charge < -0.3 is 9.64 Å². The van der Waals surface area contributed by atoms with E-state index in [1.807, 2.05) is 66.7 Å². The number of fused-ring (bicyclic) bond motifs is 2. The third-order valence-corrected chi connectivity index (χ3v) is 6.28. The zero-order valence-electron chi connectivity index (χ0n) is 19.5. The Morgan fingerprint density at radius 1 is 1.03 bits per heavy atom. The molecule has 1 amide bonds. The number of aromatic nitrogens is 1. The van der Waals surface area contributed by atoms with Crippen molar-refractivity contribution < 1.29 is 14.3 Å². The number of hydrogen-bond acceptors (Lipinski definition) is 6. The van der Waals surface area contributed by atoms with Crippen LogP contribution in [0.1, 0.15) is 46.4 Å². The Balaban J connectivity index is 1.63. The lowest BCUT2D eigenvalue weighted by Crippen LogP contribution is -2.36. The topological polar surface area (TPSA) is 107 Å². The Kier molecular flexibility index (Phi) is 7.95. The molecule has 4 rings (SSSR count). The molecule has 0 spiro atoms. The summed E-state index contributed by atoms with van der Waals surface area (Å²) in [5.41, 5.74) is 4.65. The van der Waals surface area contributed by atoms with Crippen molar-refractivity contribution in [3.63, 3.8) is 0 Å². The van der Waals surface area contributed by atoms with Gasteiger partial charge in [-0.2, -0.15) is 10.5 Å². The number of halogens is 1. The first-order valence-electron chi connectivity index (χ1n) is 11.6. The first-order chi connectivity index (χ1) is 17.5. The number of hydrogen-bond donors (Lipinski definition) is 0. The number of benzene rings is 2. The number of nitriles is 2. The summed E-state index contributed by atoms with van der Waals surface area (Å²) < 4.78 is 5.47. The molecule has 1 aliphatic carbocycles. The highest BCUT2D eigenvalue weighted by Crippen LogP contribution is 2.37. The first kappa shape index (κ1) is 24.9. The maximum atomic E-state index is 13.3. The summed E-state index contributed by atoms with van der Waals surface area (Å²) in [5, 5.41) is 19.0. The summed E-state index contributed by atoms with van der Waals surface area (Å²) in [4.78, 5) is 32.2. The van der Waals surface area contributed by atoms with Gasteiger partial charge in [0.1, 0.15) is 0 Å². The molecule has 0 fully saturated rings. The van der Waals surface area contributed by atoms with Crippen LogP contribution in [0.3, 0.4) is 0 Å². The van der Waals surface area contributed by atoms with Crippen LogP contribution in [0, 0.1) is 22.7 Å². The Hall–Kier alpha value is -4.20. The van der Waals surface area contributed by atoms with E-state index in [2.05, 4.69) is 0 Å². The number of ether oxygens (including phenoxy) is 1. The molecule has 0 atom stereocenters. The molecule has 0 unspecified atom stereocenters. The molecule has 8 heteroatoms. The molecule has 1 heterocycles. The highest BCUT2D eigenvalue weighted by molar-refractivity contribution is 6.30. The molecular formula is C28H23ClN4O3. The van der Waals surface area contributed by atoms with Crippen LogP contribution in [0.2, 0.25) is 5.02 Å². The van der Waals surface area contributed by atoms with Gasteiger partial charge in [-0.05, 0) is 53.8 Å². The minimum Gasteiger partial charge on any atom is -0.452 e. The normalized spacial score (nSPS) is 13.1. The van der Waals surface area contributed by atoms with Crippen LogP contribution in [0.4, 0.5) is 0 Å². The second-order valence-electron chi connectivity index (χ2n) is 8.33. The van der Waals surface area contributed by atoms with Crippen molar-refractivity contribution in [2.24, 2.45) is 0 Å². The molecule has 1 aliphatic rings. The van der Waals surface area contributed by atoms with Gasteiger partial charge in [0, 0.05) is 23.5 Å². The van der Waals surface area contributed by atoms with E-state index in [1.54, 1.807) is 0 Å². The predicted octanol–water partition coefficient (Wildman–Crippen LogP) is 5.19. The molecule has 0 bridgehead atoms. The molecule has 0 saturated heterocycles. The molecule has 0 radical (unpaired) electrons. The fourth-order valence-electron chi connectivity index (χ4n) is 4.29. The van der Waals surface area contributed by atoms with Crippen molar-refractivity contribution in [1.29, 1.82) is 10.5 Å². The zero-order chi connectivity index (χ0) is 25.5. The average Bonchev–Trinajstić information content (AvgIpc) is 3.28. The summed E-state index contributed by atoms with van der Waals surface area (Å²) in [6, 6.07) is 18.9. The molecule has 0 aliphatic heterocycles. The number of allylic oxidation sites excluding steroid dienone is 1. The van der Waals surface area contributed by atoms with Gasteiger partial charge in [-0.15, -0.1) is 0 Å². The van der Waals surface area contributed by atoms with Crippen molar-refractivity contribution >= 4 is 46.0 Å². The predicted molar refractivity (Wildman–Crippen MR) is 137 cm³/mol. The van der Waals surface area contributed by atoms with E-state index in [1.165, 1.54) is 4.90 Å². The van der Waals surface area contributed by atoms with E-state index >= 15 is 0 Å². The van der Waals surface area contributed by atoms with E-state index in [0.717, 1.165) is 28.8 Å². The van der Waals surface area contributed by atoms with Crippen molar-refractivity contribution in [2.45, 2.75) is 25.7 Å². The van der Waals surface area contributed by atoms with E-state index < -0.39 is 18.5 Å². The summed E-state index contributed by atoms with van der Waals surface area (Å²) in [5.74, 6) is -1.03. The van der Waals surface area contributed by atoms with E-state index in [0.29, 0.717) is 27.9 Å². The maximum absolute atomic E-state index is 13.3. The lowest BCUT2D eigenvalue weighted by Gasteiger charge is -2.20. The molecule has 180 valence electrons. The third-order valence-electron chi connectivity index (χ3n) is 6.02. The van der Waals surface area contributed by atoms with Crippen LogP contribution in [-0.2, 0) is 16.0 Å². The highest BCUT2D eigenvalue weighted by Gasteiger charge is 2.28. The van der Waals surface area contributed by atoms with E-state index in [9.17, 15) is 9.59 Å². The summed E-state index contributed by atoms with van der Waals surface area (Å²) >= 11 is 6.01. The maximum Gasteiger partial charge on any atom is 0.339 e. The van der Waals surface area contributed by atoms with Crippen molar-refractivity contribution in [1.82, 2.24) is 9.88 Å². The van der Waals surface area contributed by atoms with Crippen LogP contribution in [-0.4, -0.2) is 41.5 Å². The Morgan fingerprint density at radius 3 is 2.42 bits per heavy atom. The number of rotatable bonds is 8. The Labute approximate surface area is 214 Å². The summed E-state index contributed by atoms with van der Waals surface area (Å²) in [6.45, 7) is -0.101. The average molecular weight is 499 g/mol. The van der Waals surface area contributed by atoms with Crippen LogP contribution in [0.15, 0.2) is 48.5 Å². The van der Waals surface area contributed by atoms with Crippen molar-refractivity contribution in [3.8, 4) is 12.1 Å². The minimum atomic E-state index is -0.591. The smallest absolute Gasteiger partial charge is 0.339 e. The fraction of sp³-hybridized carbons (Fsp3) is 0.250. The molecule has 3 aromatic rings. The third kappa shape index (κ3) is 5.54. The molecular weight excluding hydrogens is 476 g/mol. The fourth-order valence-corrected chi connectivity index (χ4v) is 4.42. The Morgan fingerprint density at radius 2 is 1.72 bits per heavy atom. The van der Waals surface area contributed by atoms with Gasteiger partial charge in [0.05, 0.1) is 41.8 Å². The lowest BCUT2D eigenvalue weighted by atomic mass is 10.0. The highest BCUT2D eigenvalue weighted by atomic mass is 35.5. The largest absolute Gasteiger partial charge is 0.452 e. The number of para-hydroxylation sites is 1. The number of carbonyl (C=O) groups excluding carboxylic acids is 2. The number of carbonyl (C=O) groups is 2. The van der Waals surface area contributed by atoms with Crippen LogP contribution >= 0.6 is 11.6 Å². The number of esters is 1. The summed E-state index contributed by atoms with van der Waals surface area (Å²) in [6.07, 6.45) is 3.66. The van der Waals surface area contributed by atoms with Gasteiger partial charge in [-0.25, -0.2) is 9.78 Å². The quantitative estimate of drug-likeness (QED) is 0.395. The Bertz CT molecular complexity index is 1400. The van der Waals surface area contributed by atoms with Crippen LogP contribution in [0.25, 0.3) is 22.6 Å². The van der Waals surface area contributed by atoms with E-state index in [-0.39, 0.29) is 25.9 Å². The lowest BCUT2D eigenvalue weighted by molar-refractivity contribution is -0.134. The SMILES string of the molecule is N#CCCN(CCC#N)C(=O)COC(=O)c1c2c(nc3ccccc13)/C(=C/c1ccc(Cl)cc1)CC2. The minimum absolute atomic E-state index is 0.135. The van der Waals surface area contributed by atoms with Crippen LogP contribution < -0.4 is 0 Å². The molecule has 36 heavy (non-hydrogen) atoms. The molecule has 0 N–H and O–H groups in total.